The van der Waals surface area contributed by atoms with Gasteiger partial charge in [0, 0.05) is 30.3 Å². The van der Waals surface area contributed by atoms with Crippen molar-refractivity contribution in [3.63, 3.8) is 0 Å². The summed E-state index contributed by atoms with van der Waals surface area (Å²) < 4.78 is 0. The summed E-state index contributed by atoms with van der Waals surface area (Å²) in [4.78, 5) is 27.2. The van der Waals surface area contributed by atoms with Crippen LogP contribution < -0.4 is 10.6 Å². The SMILES string of the molecule is Cc1ccc(CNC(=O)[C@@]2(C)CCCN(C(=O)Nc3ccc(Cl)cc3)C2)cc1. The van der Waals surface area contributed by atoms with Crippen LogP contribution in [0.5, 0.6) is 0 Å². The molecule has 0 radical (unpaired) electrons. The number of carbonyl (C=O) groups is 2. The van der Waals surface area contributed by atoms with E-state index in [-0.39, 0.29) is 11.9 Å². The van der Waals surface area contributed by atoms with E-state index in [2.05, 4.69) is 10.6 Å². The van der Waals surface area contributed by atoms with Gasteiger partial charge in [-0.15, -0.1) is 0 Å². The average molecular weight is 400 g/mol. The molecular weight excluding hydrogens is 374 g/mol. The molecule has 5 nitrogen and oxygen atoms in total. The quantitative estimate of drug-likeness (QED) is 0.789. The maximum atomic E-state index is 12.8. The number of nitrogens with one attached hydrogen (secondary N) is 2. The predicted octanol–water partition coefficient (Wildman–Crippen LogP) is 4.60. The number of likely N-dealkylation sites (tertiary alicyclic amines) is 1. The third kappa shape index (κ3) is 5.04. The van der Waals surface area contributed by atoms with Gasteiger partial charge in [0.15, 0.2) is 0 Å². The van der Waals surface area contributed by atoms with Crippen LogP contribution in [0.4, 0.5) is 10.5 Å². The highest BCUT2D eigenvalue weighted by Gasteiger charge is 2.39. The molecule has 1 aliphatic heterocycles. The van der Waals surface area contributed by atoms with E-state index < -0.39 is 5.41 Å². The number of hydrogen-bond acceptors (Lipinski definition) is 2. The molecule has 0 bridgehead atoms. The highest BCUT2D eigenvalue weighted by atomic mass is 35.5. The average Bonchev–Trinajstić information content (AvgIpc) is 2.69. The summed E-state index contributed by atoms with van der Waals surface area (Å²) in [6.45, 7) is 5.49. The van der Waals surface area contributed by atoms with Gasteiger partial charge in [0.2, 0.25) is 5.91 Å². The van der Waals surface area contributed by atoms with Crippen LogP contribution in [-0.2, 0) is 11.3 Å². The van der Waals surface area contributed by atoms with Crippen molar-refractivity contribution in [2.75, 3.05) is 18.4 Å². The molecule has 0 aliphatic carbocycles. The van der Waals surface area contributed by atoms with Gasteiger partial charge < -0.3 is 15.5 Å². The van der Waals surface area contributed by atoms with Crippen molar-refractivity contribution in [3.8, 4) is 0 Å². The number of anilines is 1. The van der Waals surface area contributed by atoms with E-state index in [1.807, 2.05) is 38.1 Å². The van der Waals surface area contributed by atoms with Gasteiger partial charge in [-0.3, -0.25) is 4.79 Å². The summed E-state index contributed by atoms with van der Waals surface area (Å²) in [6, 6.07) is 14.9. The Labute approximate surface area is 171 Å². The van der Waals surface area contributed by atoms with Crippen LogP contribution in [0.1, 0.15) is 30.9 Å². The zero-order chi connectivity index (χ0) is 20.1. The molecule has 148 valence electrons. The number of aryl methyl sites for hydroxylation is 1. The second kappa shape index (κ2) is 8.65. The largest absolute Gasteiger partial charge is 0.351 e. The molecule has 3 rings (SSSR count). The van der Waals surface area contributed by atoms with Gasteiger partial charge in [0.25, 0.3) is 0 Å². The molecule has 1 fully saturated rings. The number of hydrogen-bond donors (Lipinski definition) is 2. The van der Waals surface area contributed by atoms with E-state index in [0.717, 1.165) is 18.4 Å². The van der Waals surface area contributed by atoms with Crippen LogP contribution in [-0.4, -0.2) is 29.9 Å². The van der Waals surface area contributed by atoms with E-state index in [4.69, 9.17) is 11.6 Å². The van der Waals surface area contributed by atoms with Crippen molar-refractivity contribution < 1.29 is 9.59 Å². The van der Waals surface area contributed by atoms with Crippen molar-refractivity contribution in [2.45, 2.75) is 33.2 Å². The van der Waals surface area contributed by atoms with Crippen molar-refractivity contribution in [1.82, 2.24) is 10.2 Å². The van der Waals surface area contributed by atoms with Crippen LogP contribution in [0, 0.1) is 12.3 Å². The Morgan fingerprint density at radius 2 is 1.79 bits per heavy atom. The van der Waals surface area contributed by atoms with Crippen LogP contribution in [0.25, 0.3) is 0 Å². The molecule has 28 heavy (non-hydrogen) atoms. The van der Waals surface area contributed by atoms with Crippen LogP contribution in [0.3, 0.4) is 0 Å². The van der Waals surface area contributed by atoms with Gasteiger partial charge in [0.1, 0.15) is 0 Å². The lowest BCUT2D eigenvalue weighted by Gasteiger charge is -2.39. The standard InChI is InChI=1S/C22H26ClN3O2/c1-16-4-6-17(7-5-16)14-24-20(27)22(2)12-3-13-26(15-22)21(28)25-19-10-8-18(23)9-11-19/h4-11H,3,12-15H2,1-2H3,(H,24,27)(H,25,28)/t22-/m0/s1. The van der Waals surface area contributed by atoms with Crippen LogP contribution in [0.2, 0.25) is 5.02 Å². The Morgan fingerprint density at radius 3 is 2.46 bits per heavy atom. The van der Waals surface area contributed by atoms with Gasteiger partial charge in [-0.2, -0.15) is 0 Å². The smallest absolute Gasteiger partial charge is 0.321 e. The monoisotopic (exact) mass is 399 g/mol. The first-order chi connectivity index (χ1) is 13.4. The third-order valence-electron chi connectivity index (χ3n) is 5.20. The fourth-order valence-electron chi connectivity index (χ4n) is 3.44. The molecule has 0 spiro atoms. The Morgan fingerprint density at radius 1 is 1.11 bits per heavy atom. The number of nitrogens with zero attached hydrogens (tertiary/aromatic N) is 1. The molecule has 1 aliphatic rings. The maximum Gasteiger partial charge on any atom is 0.321 e. The summed E-state index contributed by atoms with van der Waals surface area (Å²) in [5.74, 6) is -0.0166. The van der Waals surface area contributed by atoms with Gasteiger partial charge in [-0.05, 0) is 56.5 Å². The number of carbonyl (C=O) groups excluding carboxylic acids is 2. The first-order valence-corrected chi connectivity index (χ1v) is 9.89. The maximum absolute atomic E-state index is 12.8. The molecule has 0 unspecified atom stereocenters. The second-order valence-electron chi connectivity index (χ2n) is 7.69. The highest BCUT2D eigenvalue weighted by molar-refractivity contribution is 6.30. The number of rotatable bonds is 4. The first-order valence-electron chi connectivity index (χ1n) is 9.51. The van der Waals surface area contributed by atoms with Gasteiger partial charge >= 0.3 is 6.03 Å². The minimum absolute atomic E-state index is 0.0166. The molecule has 1 saturated heterocycles. The highest BCUT2D eigenvalue weighted by Crippen LogP contribution is 2.30. The normalized spacial score (nSPS) is 19.2. The molecule has 2 N–H and O–H groups in total. The lowest BCUT2D eigenvalue weighted by Crippen LogP contribution is -2.52. The summed E-state index contributed by atoms with van der Waals surface area (Å²) in [5, 5.41) is 6.53. The van der Waals surface area contributed by atoms with E-state index >= 15 is 0 Å². The molecular formula is C22H26ClN3O2. The van der Waals surface area contributed by atoms with Crippen molar-refractivity contribution in [1.29, 1.82) is 0 Å². The number of benzene rings is 2. The Bertz CT molecular complexity index is 836. The molecule has 0 aromatic heterocycles. The Kier molecular flexibility index (Phi) is 6.25. The zero-order valence-corrected chi connectivity index (χ0v) is 17.1. The fourth-order valence-corrected chi connectivity index (χ4v) is 3.56. The summed E-state index contributed by atoms with van der Waals surface area (Å²) in [6.07, 6.45) is 1.56. The Balaban J connectivity index is 1.58. The predicted molar refractivity (Wildman–Crippen MR) is 112 cm³/mol. The first kappa shape index (κ1) is 20.2. The van der Waals surface area contributed by atoms with E-state index in [1.165, 1.54) is 5.56 Å². The summed E-state index contributed by atoms with van der Waals surface area (Å²) in [7, 11) is 0. The minimum atomic E-state index is -0.597. The molecule has 0 saturated carbocycles. The summed E-state index contributed by atoms with van der Waals surface area (Å²) >= 11 is 5.88. The van der Waals surface area contributed by atoms with Crippen LogP contribution in [0.15, 0.2) is 48.5 Å². The van der Waals surface area contributed by atoms with Crippen molar-refractivity contribution >= 4 is 29.2 Å². The third-order valence-corrected chi connectivity index (χ3v) is 5.45. The number of piperidine rings is 1. The Hall–Kier alpha value is -2.53. The number of amides is 3. The number of halogens is 1. The topological polar surface area (TPSA) is 61.4 Å². The molecule has 2 aromatic rings. The fraction of sp³-hybridized carbons (Fsp3) is 0.364. The molecule has 2 aromatic carbocycles. The lowest BCUT2D eigenvalue weighted by molar-refractivity contribution is -0.132. The van der Waals surface area contributed by atoms with Gasteiger partial charge in [-0.1, -0.05) is 41.4 Å². The lowest BCUT2D eigenvalue weighted by atomic mass is 9.81. The summed E-state index contributed by atoms with van der Waals surface area (Å²) in [5.41, 5.74) is 2.35. The van der Waals surface area contributed by atoms with E-state index in [9.17, 15) is 9.59 Å². The van der Waals surface area contributed by atoms with Crippen molar-refractivity contribution in [2.24, 2.45) is 5.41 Å². The van der Waals surface area contributed by atoms with Crippen molar-refractivity contribution in [3.05, 3.63) is 64.7 Å². The van der Waals surface area contributed by atoms with E-state index in [1.54, 1.807) is 29.2 Å². The molecule has 3 amide bonds. The van der Waals surface area contributed by atoms with Gasteiger partial charge in [-0.25, -0.2) is 4.79 Å². The molecule has 6 heteroatoms. The minimum Gasteiger partial charge on any atom is -0.351 e. The molecule has 1 atom stereocenters. The zero-order valence-electron chi connectivity index (χ0n) is 16.3. The van der Waals surface area contributed by atoms with Gasteiger partial charge in [0.05, 0.1) is 5.41 Å². The number of urea groups is 1. The molecule has 1 heterocycles. The second-order valence-corrected chi connectivity index (χ2v) is 8.13. The van der Waals surface area contributed by atoms with E-state index in [0.29, 0.717) is 30.3 Å². The van der Waals surface area contributed by atoms with Crippen LogP contribution >= 0.6 is 11.6 Å².